The Labute approximate surface area is 96.6 Å². The van der Waals surface area contributed by atoms with E-state index in [1.165, 1.54) is 32.1 Å². The summed E-state index contributed by atoms with van der Waals surface area (Å²) in [5.74, 6) is 0.545. The minimum absolute atomic E-state index is 0.0679. The highest BCUT2D eigenvalue weighted by atomic mass is 35.7. The molecule has 0 aromatic rings. The molecule has 1 fully saturated rings. The standard InChI is InChI=1S/C10H19ClO3S/c1-14-10(8-15(11,12)13)7-9-5-3-2-4-6-9/h9-10H,2-8H2,1H3. The number of rotatable bonds is 5. The minimum Gasteiger partial charge on any atom is -0.380 e. The Morgan fingerprint density at radius 3 is 2.40 bits per heavy atom. The molecule has 1 unspecified atom stereocenters. The van der Waals surface area contributed by atoms with Gasteiger partial charge in [0.2, 0.25) is 9.05 Å². The zero-order valence-corrected chi connectivity index (χ0v) is 10.7. The van der Waals surface area contributed by atoms with Crippen molar-refractivity contribution in [1.82, 2.24) is 0 Å². The van der Waals surface area contributed by atoms with E-state index in [-0.39, 0.29) is 11.9 Å². The molecule has 1 aliphatic carbocycles. The molecule has 90 valence electrons. The summed E-state index contributed by atoms with van der Waals surface area (Å²) in [4.78, 5) is 0. The Kier molecular flexibility index (Phi) is 5.36. The second-order valence-electron chi connectivity index (χ2n) is 4.30. The fourth-order valence-corrected chi connectivity index (χ4v) is 3.39. The number of halogens is 1. The summed E-state index contributed by atoms with van der Waals surface area (Å²) in [5.41, 5.74) is 0. The van der Waals surface area contributed by atoms with Gasteiger partial charge in [0.1, 0.15) is 0 Å². The lowest BCUT2D eigenvalue weighted by Gasteiger charge is -2.25. The van der Waals surface area contributed by atoms with Gasteiger partial charge >= 0.3 is 0 Å². The molecule has 0 aromatic heterocycles. The largest absolute Gasteiger partial charge is 0.380 e. The Bertz CT molecular complexity index is 270. The quantitative estimate of drug-likeness (QED) is 0.708. The Balaban J connectivity index is 2.38. The third kappa shape index (κ3) is 5.73. The smallest absolute Gasteiger partial charge is 0.235 e. The van der Waals surface area contributed by atoms with E-state index in [9.17, 15) is 8.42 Å². The Morgan fingerprint density at radius 1 is 1.33 bits per heavy atom. The Hall–Kier alpha value is 0.200. The van der Waals surface area contributed by atoms with Crippen molar-refractivity contribution in [3.63, 3.8) is 0 Å². The van der Waals surface area contributed by atoms with Crippen molar-refractivity contribution in [3.8, 4) is 0 Å². The van der Waals surface area contributed by atoms with E-state index in [1.54, 1.807) is 7.11 Å². The van der Waals surface area contributed by atoms with E-state index in [0.29, 0.717) is 5.92 Å². The van der Waals surface area contributed by atoms with E-state index >= 15 is 0 Å². The number of methoxy groups -OCH3 is 1. The fourth-order valence-electron chi connectivity index (χ4n) is 2.25. The molecule has 0 saturated heterocycles. The molecule has 1 aliphatic rings. The van der Waals surface area contributed by atoms with Crippen molar-refractivity contribution in [2.24, 2.45) is 5.92 Å². The highest BCUT2D eigenvalue weighted by molar-refractivity contribution is 8.13. The van der Waals surface area contributed by atoms with Crippen LogP contribution in [0.3, 0.4) is 0 Å². The van der Waals surface area contributed by atoms with Crippen LogP contribution < -0.4 is 0 Å². The molecule has 1 saturated carbocycles. The second-order valence-corrected chi connectivity index (χ2v) is 7.12. The number of hydrogen-bond donors (Lipinski definition) is 0. The fraction of sp³-hybridized carbons (Fsp3) is 1.00. The molecule has 3 nitrogen and oxygen atoms in total. The predicted molar refractivity (Wildman–Crippen MR) is 61.6 cm³/mol. The molecule has 0 amide bonds. The van der Waals surface area contributed by atoms with Gasteiger partial charge in [-0.25, -0.2) is 8.42 Å². The summed E-state index contributed by atoms with van der Waals surface area (Å²) in [7, 11) is 3.33. The topological polar surface area (TPSA) is 43.4 Å². The van der Waals surface area contributed by atoms with Crippen LogP contribution in [0, 0.1) is 5.92 Å². The molecule has 0 radical (unpaired) electrons. The lowest BCUT2D eigenvalue weighted by Crippen LogP contribution is -2.24. The van der Waals surface area contributed by atoms with Gasteiger partial charge in [-0.1, -0.05) is 32.1 Å². The first kappa shape index (κ1) is 13.3. The SMILES string of the molecule is COC(CC1CCCCC1)CS(=O)(=O)Cl. The summed E-state index contributed by atoms with van der Waals surface area (Å²) in [5, 5.41) is 0. The second kappa shape index (κ2) is 6.06. The van der Waals surface area contributed by atoms with E-state index < -0.39 is 9.05 Å². The predicted octanol–water partition coefficient (Wildman–Crippen LogP) is 2.54. The highest BCUT2D eigenvalue weighted by Gasteiger charge is 2.22. The third-order valence-corrected chi connectivity index (χ3v) is 4.19. The summed E-state index contributed by atoms with van der Waals surface area (Å²) < 4.78 is 27.0. The van der Waals surface area contributed by atoms with E-state index in [2.05, 4.69) is 0 Å². The van der Waals surface area contributed by atoms with Crippen LogP contribution in [0.5, 0.6) is 0 Å². The lowest BCUT2D eigenvalue weighted by molar-refractivity contribution is 0.0903. The molecule has 0 spiro atoms. The van der Waals surface area contributed by atoms with Crippen molar-refractivity contribution in [2.75, 3.05) is 12.9 Å². The van der Waals surface area contributed by atoms with Crippen LogP contribution in [0.25, 0.3) is 0 Å². The molecule has 1 atom stereocenters. The van der Waals surface area contributed by atoms with Crippen LogP contribution in [-0.2, 0) is 13.8 Å². The highest BCUT2D eigenvalue weighted by Crippen LogP contribution is 2.28. The molecular weight excluding hydrogens is 236 g/mol. The molecule has 5 heteroatoms. The number of ether oxygens (including phenoxy) is 1. The summed E-state index contributed by atoms with van der Waals surface area (Å²) in [6, 6.07) is 0. The molecule has 0 N–H and O–H groups in total. The van der Waals surface area contributed by atoms with Crippen LogP contribution >= 0.6 is 10.7 Å². The van der Waals surface area contributed by atoms with Crippen molar-refractivity contribution in [3.05, 3.63) is 0 Å². The van der Waals surface area contributed by atoms with Gasteiger partial charge in [-0.05, 0) is 12.3 Å². The van der Waals surface area contributed by atoms with Gasteiger partial charge in [0.15, 0.2) is 0 Å². The molecule has 0 bridgehead atoms. The van der Waals surface area contributed by atoms with E-state index in [0.717, 1.165) is 6.42 Å². The summed E-state index contributed by atoms with van der Waals surface area (Å²) >= 11 is 0. The van der Waals surface area contributed by atoms with Gasteiger partial charge in [-0.3, -0.25) is 0 Å². The van der Waals surface area contributed by atoms with Crippen molar-refractivity contribution in [1.29, 1.82) is 0 Å². The monoisotopic (exact) mass is 254 g/mol. The molecule has 0 heterocycles. The minimum atomic E-state index is -3.44. The molecule has 1 rings (SSSR count). The summed E-state index contributed by atoms with van der Waals surface area (Å²) in [6.07, 6.45) is 6.80. The van der Waals surface area contributed by atoms with Gasteiger partial charge in [0, 0.05) is 17.8 Å². The first-order valence-corrected chi connectivity index (χ1v) is 7.94. The van der Waals surface area contributed by atoms with Gasteiger partial charge in [-0.2, -0.15) is 0 Å². The van der Waals surface area contributed by atoms with Gasteiger partial charge in [-0.15, -0.1) is 0 Å². The zero-order valence-electron chi connectivity index (χ0n) is 9.12. The van der Waals surface area contributed by atoms with Crippen LogP contribution in [0.4, 0.5) is 0 Å². The number of hydrogen-bond acceptors (Lipinski definition) is 3. The molecule has 0 aliphatic heterocycles. The first-order chi connectivity index (χ1) is 7.01. The normalized spacial score (nSPS) is 21.5. The van der Waals surface area contributed by atoms with Crippen LogP contribution in [0.15, 0.2) is 0 Å². The van der Waals surface area contributed by atoms with Crippen LogP contribution in [0.1, 0.15) is 38.5 Å². The Morgan fingerprint density at radius 2 is 1.93 bits per heavy atom. The van der Waals surface area contributed by atoms with E-state index in [4.69, 9.17) is 15.4 Å². The van der Waals surface area contributed by atoms with Crippen LogP contribution in [0.2, 0.25) is 0 Å². The molecular formula is C10H19ClO3S. The zero-order chi connectivity index (χ0) is 11.3. The van der Waals surface area contributed by atoms with Crippen molar-refractivity contribution < 1.29 is 13.2 Å². The molecule has 0 aromatic carbocycles. The maximum atomic E-state index is 10.9. The first-order valence-electron chi connectivity index (χ1n) is 5.46. The van der Waals surface area contributed by atoms with Gasteiger partial charge in [0.05, 0.1) is 11.9 Å². The maximum absolute atomic E-state index is 10.9. The van der Waals surface area contributed by atoms with E-state index in [1.807, 2.05) is 0 Å². The van der Waals surface area contributed by atoms with Crippen molar-refractivity contribution >= 4 is 19.7 Å². The van der Waals surface area contributed by atoms with Crippen LogP contribution in [-0.4, -0.2) is 27.4 Å². The third-order valence-electron chi connectivity index (χ3n) is 3.04. The summed E-state index contributed by atoms with van der Waals surface area (Å²) in [6.45, 7) is 0. The maximum Gasteiger partial charge on any atom is 0.235 e. The van der Waals surface area contributed by atoms with Crippen molar-refractivity contribution in [2.45, 2.75) is 44.6 Å². The van der Waals surface area contributed by atoms with Gasteiger partial charge in [0.25, 0.3) is 0 Å². The lowest BCUT2D eigenvalue weighted by atomic mass is 9.85. The average molecular weight is 255 g/mol. The molecule has 15 heavy (non-hydrogen) atoms. The average Bonchev–Trinajstić information content (AvgIpc) is 2.16. The van der Waals surface area contributed by atoms with Gasteiger partial charge < -0.3 is 4.74 Å².